The van der Waals surface area contributed by atoms with Gasteiger partial charge in [0.2, 0.25) is 18.2 Å². The van der Waals surface area contributed by atoms with Crippen LogP contribution in [-0.2, 0) is 14.4 Å². The Bertz CT molecular complexity index is 1150. The molecule has 0 amide bonds. The van der Waals surface area contributed by atoms with Gasteiger partial charge >= 0.3 is 0 Å². The predicted octanol–water partition coefficient (Wildman–Crippen LogP) is 5.05. The Morgan fingerprint density at radius 1 is 0.643 bits per heavy atom. The van der Waals surface area contributed by atoms with Crippen molar-refractivity contribution in [2.75, 3.05) is 0 Å². The zero-order chi connectivity index (χ0) is 19.8. The minimum Gasteiger partial charge on any atom is -0.457 e. The Morgan fingerprint density at radius 2 is 1.29 bits per heavy atom. The fourth-order valence-electron chi connectivity index (χ4n) is 2.56. The summed E-state index contributed by atoms with van der Waals surface area (Å²) in [5.74, 6) is 1.04. The molecule has 0 aromatic heterocycles. The largest absolute Gasteiger partial charge is 0.457 e. The topological polar surface area (TPSA) is 97.5 Å². The van der Waals surface area contributed by atoms with Gasteiger partial charge in [-0.2, -0.15) is 15.0 Å². The molecule has 0 fully saturated rings. The molecule has 7 heteroatoms. The molecule has 28 heavy (non-hydrogen) atoms. The van der Waals surface area contributed by atoms with E-state index in [9.17, 15) is 14.4 Å². The number of para-hydroxylation sites is 1. The van der Waals surface area contributed by atoms with E-state index in [0.29, 0.717) is 39.7 Å². The summed E-state index contributed by atoms with van der Waals surface area (Å²) in [4.78, 5) is 42.4. The molecule has 0 saturated heterocycles. The number of aliphatic imine (C=N–C) groups is 3. The highest BCUT2D eigenvalue weighted by molar-refractivity contribution is 5.83. The molecule has 134 valence electrons. The number of carbonyl (C=O) groups excluding carboxylic acids is 3. The van der Waals surface area contributed by atoms with Crippen LogP contribution in [0.1, 0.15) is 0 Å². The van der Waals surface area contributed by atoms with E-state index in [0.717, 1.165) is 0 Å². The Balaban J connectivity index is 2.03. The summed E-state index contributed by atoms with van der Waals surface area (Å²) in [7, 11) is 0. The number of nitrogens with zero attached hydrogens (tertiary/aromatic N) is 3. The molecule has 7 nitrogen and oxygen atoms in total. The zero-order valence-electron chi connectivity index (χ0n) is 14.3. The van der Waals surface area contributed by atoms with Gasteiger partial charge in [-0.25, -0.2) is 14.4 Å². The number of benzene rings is 3. The van der Waals surface area contributed by atoms with Gasteiger partial charge in [0.1, 0.15) is 11.5 Å². The highest BCUT2D eigenvalue weighted by atomic mass is 16.5. The molecule has 3 rings (SSSR count). The van der Waals surface area contributed by atoms with Crippen LogP contribution < -0.4 is 4.74 Å². The maximum Gasteiger partial charge on any atom is 0.240 e. The van der Waals surface area contributed by atoms with Crippen LogP contribution in [-0.4, -0.2) is 18.2 Å². The van der Waals surface area contributed by atoms with Crippen LogP contribution in [0.3, 0.4) is 0 Å². The van der Waals surface area contributed by atoms with Crippen LogP contribution in [0.4, 0.5) is 17.1 Å². The summed E-state index contributed by atoms with van der Waals surface area (Å²) in [5.41, 5.74) is 2.35. The quantitative estimate of drug-likeness (QED) is 0.448. The molecule has 0 bridgehead atoms. The summed E-state index contributed by atoms with van der Waals surface area (Å²) in [5, 5.41) is 0. The van der Waals surface area contributed by atoms with Crippen molar-refractivity contribution in [3.63, 3.8) is 0 Å². The minimum atomic E-state index is 0.290. The van der Waals surface area contributed by atoms with Crippen molar-refractivity contribution in [3.05, 3.63) is 66.7 Å². The van der Waals surface area contributed by atoms with Gasteiger partial charge in [0, 0.05) is 11.1 Å². The average Bonchev–Trinajstić information content (AvgIpc) is 2.71. The summed E-state index contributed by atoms with van der Waals surface area (Å²) >= 11 is 0. The predicted molar refractivity (Wildman–Crippen MR) is 102 cm³/mol. The van der Waals surface area contributed by atoms with Crippen LogP contribution >= 0.6 is 0 Å². The smallest absolute Gasteiger partial charge is 0.240 e. The van der Waals surface area contributed by atoms with E-state index in [1.54, 1.807) is 48.5 Å². The zero-order valence-corrected chi connectivity index (χ0v) is 14.3. The first-order valence-corrected chi connectivity index (χ1v) is 8.00. The molecule has 0 saturated carbocycles. The Labute approximate surface area is 159 Å². The molecule has 0 spiro atoms. The van der Waals surface area contributed by atoms with Gasteiger partial charge in [-0.3, -0.25) is 0 Å². The lowest BCUT2D eigenvalue weighted by Gasteiger charge is -2.13. The molecular weight excluding hydrogens is 358 g/mol. The first kappa shape index (κ1) is 18.4. The normalized spacial score (nSPS) is 9.43. The Morgan fingerprint density at radius 3 is 2.00 bits per heavy atom. The van der Waals surface area contributed by atoms with E-state index < -0.39 is 0 Å². The molecule has 0 N–H and O–H groups in total. The molecule has 0 heterocycles. The second-order valence-corrected chi connectivity index (χ2v) is 5.40. The SMILES string of the molecule is O=C=Nc1ccc(Oc2ccccc2-c2ccc(N=C=O)cc2N=C=O)cc1. The molecule has 3 aromatic carbocycles. The molecule has 0 unspecified atom stereocenters. The van der Waals surface area contributed by atoms with Crippen molar-refractivity contribution < 1.29 is 19.1 Å². The third kappa shape index (κ3) is 4.22. The second-order valence-electron chi connectivity index (χ2n) is 5.40. The van der Waals surface area contributed by atoms with Crippen molar-refractivity contribution in [3.8, 4) is 22.6 Å². The number of ether oxygens (including phenoxy) is 1. The molecule has 0 aliphatic carbocycles. The van der Waals surface area contributed by atoms with Gasteiger partial charge in [-0.05, 0) is 48.5 Å². The molecule has 0 aliphatic rings. The van der Waals surface area contributed by atoms with Gasteiger partial charge < -0.3 is 4.74 Å². The first-order valence-electron chi connectivity index (χ1n) is 8.00. The van der Waals surface area contributed by atoms with Gasteiger partial charge in [0.05, 0.1) is 17.1 Å². The molecule has 3 aromatic rings. The van der Waals surface area contributed by atoms with Crippen molar-refractivity contribution >= 4 is 35.3 Å². The average molecular weight is 369 g/mol. The molecule has 0 atom stereocenters. The van der Waals surface area contributed by atoms with E-state index >= 15 is 0 Å². The van der Waals surface area contributed by atoms with E-state index in [2.05, 4.69) is 15.0 Å². The first-order chi connectivity index (χ1) is 13.7. The fraction of sp³-hybridized carbons (Fsp3) is 0. The second kappa shape index (κ2) is 8.81. The lowest BCUT2D eigenvalue weighted by molar-refractivity contribution is 0.484. The van der Waals surface area contributed by atoms with Gasteiger partial charge in [0.25, 0.3) is 0 Å². The lowest BCUT2D eigenvalue weighted by atomic mass is 10.0. The highest BCUT2D eigenvalue weighted by Crippen LogP contribution is 2.40. The number of rotatable bonds is 6. The summed E-state index contributed by atoms with van der Waals surface area (Å²) in [6.07, 6.45) is 4.43. The van der Waals surface area contributed by atoms with Crippen molar-refractivity contribution in [1.82, 2.24) is 0 Å². The Hall–Kier alpha value is -4.40. The molecule has 0 radical (unpaired) electrons. The van der Waals surface area contributed by atoms with Crippen molar-refractivity contribution in [1.29, 1.82) is 0 Å². The summed E-state index contributed by atoms with van der Waals surface area (Å²) < 4.78 is 5.94. The molecular formula is C21H11N3O4. The van der Waals surface area contributed by atoms with E-state index in [-0.39, 0.29) is 0 Å². The van der Waals surface area contributed by atoms with Crippen molar-refractivity contribution in [2.45, 2.75) is 0 Å². The minimum absolute atomic E-state index is 0.290. The maximum atomic E-state index is 10.8. The third-order valence-electron chi connectivity index (χ3n) is 3.74. The van der Waals surface area contributed by atoms with E-state index in [4.69, 9.17) is 4.74 Å². The molecule has 0 aliphatic heterocycles. The summed E-state index contributed by atoms with van der Waals surface area (Å²) in [6, 6.07) is 18.5. The monoisotopic (exact) mass is 369 g/mol. The van der Waals surface area contributed by atoms with Crippen molar-refractivity contribution in [2.24, 2.45) is 15.0 Å². The number of hydrogen-bond donors (Lipinski definition) is 0. The van der Waals surface area contributed by atoms with Gasteiger partial charge in [-0.1, -0.05) is 18.2 Å². The van der Waals surface area contributed by atoms with Crippen LogP contribution in [0.5, 0.6) is 11.5 Å². The van der Waals surface area contributed by atoms with Crippen LogP contribution in [0.15, 0.2) is 81.7 Å². The van der Waals surface area contributed by atoms with Gasteiger partial charge in [0.15, 0.2) is 0 Å². The number of hydrogen-bond acceptors (Lipinski definition) is 7. The van der Waals surface area contributed by atoms with Crippen LogP contribution in [0.2, 0.25) is 0 Å². The maximum absolute atomic E-state index is 10.8. The van der Waals surface area contributed by atoms with Gasteiger partial charge in [-0.15, -0.1) is 0 Å². The lowest BCUT2D eigenvalue weighted by Crippen LogP contribution is -1.88. The third-order valence-corrected chi connectivity index (χ3v) is 3.74. The fourth-order valence-corrected chi connectivity index (χ4v) is 2.56. The number of isocyanates is 3. The van der Waals surface area contributed by atoms with E-state index in [1.165, 1.54) is 24.3 Å². The van der Waals surface area contributed by atoms with E-state index in [1.807, 2.05) is 12.1 Å². The highest BCUT2D eigenvalue weighted by Gasteiger charge is 2.12. The standard InChI is InChI=1S/C21H11N3O4/c25-12-22-15-5-8-17(9-6-15)28-21-4-2-1-3-19(21)18-10-7-16(23-13-26)11-20(18)24-14-27/h1-11H. The van der Waals surface area contributed by atoms with Crippen LogP contribution in [0, 0.1) is 0 Å². The Kier molecular flexibility index (Phi) is 5.79. The van der Waals surface area contributed by atoms with Crippen LogP contribution in [0.25, 0.3) is 11.1 Å². The summed E-state index contributed by atoms with van der Waals surface area (Å²) in [6.45, 7) is 0.